The van der Waals surface area contributed by atoms with E-state index in [1.165, 1.54) is 6.42 Å². The molecule has 0 aliphatic heterocycles. The molecule has 0 unspecified atom stereocenters. The van der Waals surface area contributed by atoms with Crippen LogP contribution in [-0.2, 0) is 14.3 Å². The Hall–Kier alpha value is -1.12. The van der Waals surface area contributed by atoms with Crippen LogP contribution in [0.2, 0.25) is 0 Å². The first-order chi connectivity index (χ1) is 8.93. The smallest absolute Gasteiger partial charge is 0.334 e. The summed E-state index contributed by atoms with van der Waals surface area (Å²) in [6, 6.07) is 0. The van der Waals surface area contributed by atoms with Crippen LogP contribution in [0.3, 0.4) is 0 Å². The van der Waals surface area contributed by atoms with E-state index in [0.29, 0.717) is 5.57 Å². The summed E-state index contributed by atoms with van der Waals surface area (Å²) in [6.07, 6.45) is 5.52. The van der Waals surface area contributed by atoms with Crippen molar-refractivity contribution in [3.05, 3.63) is 12.2 Å². The van der Waals surface area contributed by atoms with Crippen LogP contribution >= 0.6 is 0 Å². The molecule has 3 heteroatoms. The Bertz CT molecular complexity index is 421. The molecule has 3 nitrogen and oxygen atoms in total. The Morgan fingerprint density at radius 2 is 1.47 bits per heavy atom. The van der Waals surface area contributed by atoms with Crippen molar-refractivity contribution in [2.45, 2.75) is 51.6 Å². The third kappa shape index (κ3) is 1.78. The number of carbonyl (C=O) groups excluding carboxylic acids is 2. The minimum Gasteiger partial charge on any atom is -0.447 e. The molecule has 0 heterocycles. The fourth-order valence-corrected chi connectivity index (χ4v) is 4.94. The van der Waals surface area contributed by atoms with Crippen LogP contribution in [0.5, 0.6) is 0 Å². The minimum absolute atomic E-state index is 0.0379. The summed E-state index contributed by atoms with van der Waals surface area (Å²) in [7, 11) is 0. The molecule has 0 N–H and O–H groups in total. The number of Topliss-reactive ketones (excluding diaryl/α,β-unsaturated/α-hetero) is 1. The highest BCUT2D eigenvalue weighted by Gasteiger charge is 2.62. The van der Waals surface area contributed by atoms with E-state index in [0.717, 1.165) is 37.5 Å². The van der Waals surface area contributed by atoms with Gasteiger partial charge in [0.1, 0.15) is 0 Å². The van der Waals surface area contributed by atoms with Crippen molar-refractivity contribution in [3.63, 3.8) is 0 Å². The van der Waals surface area contributed by atoms with E-state index in [4.69, 9.17) is 4.74 Å². The minimum atomic E-state index is -0.844. The fourth-order valence-electron chi connectivity index (χ4n) is 4.94. The molecular weight excluding hydrogens is 240 g/mol. The molecule has 0 aromatic rings. The van der Waals surface area contributed by atoms with Gasteiger partial charge in [-0.2, -0.15) is 0 Å². The molecule has 4 fully saturated rings. The number of carbonyl (C=O) groups is 2. The lowest BCUT2D eigenvalue weighted by atomic mass is 9.49. The maximum atomic E-state index is 12.3. The molecular formula is C16H22O3. The van der Waals surface area contributed by atoms with Gasteiger partial charge in [-0.15, -0.1) is 0 Å². The quantitative estimate of drug-likeness (QED) is 0.580. The summed E-state index contributed by atoms with van der Waals surface area (Å²) in [5.41, 5.74) is -0.460. The van der Waals surface area contributed by atoms with Gasteiger partial charge >= 0.3 is 5.97 Å². The molecule has 0 atom stereocenters. The van der Waals surface area contributed by atoms with Gasteiger partial charge in [-0.1, -0.05) is 6.58 Å². The van der Waals surface area contributed by atoms with Crippen molar-refractivity contribution in [2.75, 3.05) is 0 Å². The zero-order valence-electron chi connectivity index (χ0n) is 11.8. The summed E-state index contributed by atoms with van der Waals surface area (Å²) >= 11 is 0. The van der Waals surface area contributed by atoms with Crippen molar-refractivity contribution in [3.8, 4) is 0 Å². The van der Waals surface area contributed by atoms with Crippen LogP contribution in [0.25, 0.3) is 0 Å². The highest BCUT2D eigenvalue weighted by atomic mass is 16.6. The Labute approximate surface area is 114 Å². The zero-order chi connectivity index (χ0) is 13.8. The van der Waals surface area contributed by atoms with Crippen LogP contribution in [0.1, 0.15) is 46.0 Å². The third-order valence-electron chi connectivity index (χ3n) is 5.51. The lowest BCUT2D eigenvalue weighted by Gasteiger charge is -2.59. The number of esters is 1. The second kappa shape index (κ2) is 4.19. The molecule has 0 aromatic heterocycles. The molecule has 104 valence electrons. The third-order valence-corrected chi connectivity index (χ3v) is 5.51. The number of hydrogen-bond donors (Lipinski definition) is 0. The second-order valence-corrected chi connectivity index (χ2v) is 6.82. The number of rotatable bonds is 3. The van der Waals surface area contributed by atoms with Gasteiger partial charge in [0.25, 0.3) is 0 Å². The van der Waals surface area contributed by atoms with E-state index in [1.807, 2.05) is 0 Å². The molecule has 0 saturated heterocycles. The summed E-state index contributed by atoms with van der Waals surface area (Å²) in [5, 5.41) is 0. The molecule has 4 aliphatic rings. The summed E-state index contributed by atoms with van der Waals surface area (Å²) < 4.78 is 5.75. The predicted molar refractivity (Wildman–Crippen MR) is 71.4 cm³/mol. The summed E-state index contributed by atoms with van der Waals surface area (Å²) in [5.74, 6) is 1.62. The number of ketones is 1. The van der Waals surface area contributed by atoms with Crippen LogP contribution in [0, 0.1) is 23.7 Å². The van der Waals surface area contributed by atoms with Gasteiger partial charge in [-0.25, -0.2) is 4.79 Å². The van der Waals surface area contributed by atoms with E-state index >= 15 is 0 Å². The van der Waals surface area contributed by atoms with Crippen molar-refractivity contribution in [1.29, 1.82) is 0 Å². The maximum absolute atomic E-state index is 12.3. The monoisotopic (exact) mass is 262 g/mol. The molecule has 0 amide bonds. The highest BCUT2D eigenvalue weighted by Crippen LogP contribution is 2.59. The standard InChI is InChI=1S/C16H22O3/c1-9(2)15(18)19-16(10(3)17)13-5-11-4-12(7-13)8-14(16)6-11/h11-14H,1,4-8H2,2-3H3. The maximum Gasteiger partial charge on any atom is 0.334 e. The lowest BCUT2D eigenvalue weighted by Crippen LogP contribution is -2.63. The molecule has 19 heavy (non-hydrogen) atoms. The number of hydrogen-bond acceptors (Lipinski definition) is 3. The average Bonchev–Trinajstić information content (AvgIpc) is 2.32. The average molecular weight is 262 g/mol. The highest BCUT2D eigenvalue weighted by molar-refractivity contribution is 5.93. The molecule has 0 radical (unpaired) electrons. The SMILES string of the molecule is C=C(C)C(=O)OC1(C(C)=O)C2CC3CC(C2)CC1C3. The van der Waals surface area contributed by atoms with Crippen LogP contribution in [0.15, 0.2) is 12.2 Å². The van der Waals surface area contributed by atoms with Crippen LogP contribution in [-0.4, -0.2) is 17.4 Å². The second-order valence-electron chi connectivity index (χ2n) is 6.82. The predicted octanol–water partition coefficient (Wildman–Crippen LogP) is 2.89. The zero-order valence-corrected chi connectivity index (χ0v) is 11.8. The van der Waals surface area contributed by atoms with Gasteiger partial charge in [-0.3, -0.25) is 4.79 Å². The first-order valence-corrected chi connectivity index (χ1v) is 7.33. The van der Waals surface area contributed by atoms with Crippen molar-refractivity contribution >= 4 is 11.8 Å². The topological polar surface area (TPSA) is 43.4 Å². The lowest BCUT2D eigenvalue weighted by molar-refractivity contribution is -0.206. The van der Waals surface area contributed by atoms with E-state index in [1.54, 1.807) is 13.8 Å². The first kappa shape index (κ1) is 12.9. The van der Waals surface area contributed by atoms with Crippen molar-refractivity contribution < 1.29 is 14.3 Å². The molecule has 0 spiro atoms. The summed E-state index contributed by atoms with van der Waals surface area (Å²) in [6.45, 7) is 6.88. The van der Waals surface area contributed by atoms with Gasteiger partial charge < -0.3 is 4.74 Å². The van der Waals surface area contributed by atoms with Crippen molar-refractivity contribution in [1.82, 2.24) is 0 Å². The largest absolute Gasteiger partial charge is 0.447 e. The first-order valence-electron chi connectivity index (χ1n) is 7.33. The van der Waals surface area contributed by atoms with Gasteiger partial charge in [0.05, 0.1) is 0 Å². The van der Waals surface area contributed by atoms with E-state index in [-0.39, 0.29) is 17.6 Å². The molecule has 4 saturated carbocycles. The molecule has 0 aromatic carbocycles. The van der Waals surface area contributed by atoms with Gasteiger partial charge in [-0.05, 0) is 57.8 Å². The van der Waals surface area contributed by atoms with Crippen molar-refractivity contribution in [2.24, 2.45) is 23.7 Å². The molecule has 4 rings (SSSR count). The molecule has 4 aliphatic carbocycles. The Balaban J connectivity index is 1.95. The van der Waals surface area contributed by atoms with E-state index < -0.39 is 11.6 Å². The van der Waals surface area contributed by atoms with Crippen LogP contribution < -0.4 is 0 Å². The Kier molecular flexibility index (Phi) is 2.84. The van der Waals surface area contributed by atoms with Crippen LogP contribution in [0.4, 0.5) is 0 Å². The van der Waals surface area contributed by atoms with E-state index in [9.17, 15) is 9.59 Å². The van der Waals surface area contributed by atoms with Gasteiger partial charge in [0.2, 0.25) is 0 Å². The Morgan fingerprint density at radius 1 is 1.00 bits per heavy atom. The summed E-state index contributed by atoms with van der Waals surface area (Å²) in [4.78, 5) is 24.3. The number of ether oxygens (including phenoxy) is 1. The Morgan fingerprint density at radius 3 is 1.84 bits per heavy atom. The van der Waals surface area contributed by atoms with E-state index in [2.05, 4.69) is 6.58 Å². The van der Waals surface area contributed by atoms with Gasteiger partial charge in [0.15, 0.2) is 11.4 Å². The fraction of sp³-hybridized carbons (Fsp3) is 0.750. The van der Waals surface area contributed by atoms with Gasteiger partial charge in [0, 0.05) is 17.4 Å². The molecule has 4 bridgehead atoms. The normalized spacial score (nSPS) is 43.1.